The molecule has 6 N–H and O–H groups in total. The highest BCUT2D eigenvalue weighted by Gasteiger charge is 2.41. The van der Waals surface area contributed by atoms with E-state index in [2.05, 4.69) is 25.3 Å². The van der Waals surface area contributed by atoms with Crippen molar-refractivity contribution in [3.63, 3.8) is 0 Å². The van der Waals surface area contributed by atoms with Crippen molar-refractivity contribution in [3.05, 3.63) is 167 Å². The first-order chi connectivity index (χ1) is 38.3. The molecule has 80 heavy (non-hydrogen) atoms. The first kappa shape index (κ1) is 57.7. The fourth-order valence-corrected chi connectivity index (χ4v) is 9.35. The van der Waals surface area contributed by atoms with E-state index in [4.69, 9.17) is 37.0 Å². The smallest absolute Gasteiger partial charge is 0.391 e. The van der Waals surface area contributed by atoms with E-state index in [0.29, 0.717) is 59.0 Å². The number of alkyl halides is 4. The molecular formula is C61H60ClF3N8O7. The summed E-state index contributed by atoms with van der Waals surface area (Å²) in [5, 5.41) is 14.5. The minimum Gasteiger partial charge on any atom is -0.478 e. The van der Waals surface area contributed by atoms with Gasteiger partial charge in [0.05, 0.1) is 28.4 Å². The van der Waals surface area contributed by atoms with Gasteiger partial charge in [0.1, 0.15) is 34.3 Å². The number of rotatable bonds is 14. The number of hydrogen-bond acceptors (Lipinski definition) is 13. The lowest BCUT2D eigenvalue weighted by Crippen LogP contribution is -2.42. The van der Waals surface area contributed by atoms with Crippen molar-refractivity contribution in [1.29, 1.82) is 0 Å². The number of halogens is 4. The Balaban J connectivity index is 0.000000191. The van der Waals surface area contributed by atoms with Crippen LogP contribution in [0.15, 0.2) is 131 Å². The number of allylic oxidation sites excluding steroid dienone is 2. The van der Waals surface area contributed by atoms with Gasteiger partial charge in [-0.3, -0.25) is 24.4 Å². The Morgan fingerprint density at radius 1 is 0.662 bits per heavy atom. The molecule has 0 bridgehead atoms. The van der Waals surface area contributed by atoms with E-state index >= 15 is 0 Å². The number of aromatic nitrogens is 4. The lowest BCUT2D eigenvalue weighted by Gasteiger charge is -2.32. The summed E-state index contributed by atoms with van der Waals surface area (Å²) in [5.74, 6) is -0.458. The number of nitrogen functional groups attached to an aromatic ring is 2. The third-order valence-electron chi connectivity index (χ3n) is 13.6. The zero-order valence-corrected chi connectivity index (χ0v) is 44.9. The maximum absolute atomic E-state index is 12.9. The van der Waals surface area contributed by atoms with Crippen molar-refractivity contribution in [3.8, 4) is 22.5 Å². The van der Waals surface area contributed by atoms with Crippen LogP contribution >= 0.6 is 11.6 Å². The maximum Gasteiger partial charge on any atom is 0.391 e. The number of aryl methyl sites for hydroxylation is 4. The molecular weight excluding hydrogens is 1050 g/mol. The highest BCUT2D eigenvalue weighted by molar-refractivity contribution is 6.20. The molecule has 15 nitrogen and oxygen atoms in total. The van der Waals surface area contributed by atoms with Crippen LogP contribution in [0, 0.1) is 19.8 Å². The van der Waals surface area contributed by atoms with Crippen LogP contribution < -0.4 is 16.8 Å². The number of piperidine rings is 2. The molecule has 1 amide bonds. The Morgan fingerprint density at radius 3 is 1.52 bits per heavy atom. The molecule has 0 unspecified atom stereocenters. The van der Waals surface area contributed by atoms with Gasteiger partial charge >= 0.3 is 12.1 Å². The number of ketones is 2. The number of hydrogen-bond donors (Lipinski definition) is 4. The molecule has 0 saturated carbocycles. The molecule has 2 aromatic carbocycles. The zero-order valence-electron chi connectivity index (χ0n) is 44.1. The third-order valence-corrected chi connectivity index (χ3v) is 14.0. The minimum absolute atomic E-state index is 0.0117. The highest BCUT2D eigenvalue weighted by atomic mass is 35.5. The number of carbonyl (C=O) groups is 4. The van der Waals surface area contributed by atoms with E-state index < -0.39 is 18.1 Å². The first-order valence-electron chi connectivity index (χ1n) is 26.1. The van der Waals surface area contributed by atoms with Crippen molar-refractivity contribution < 1.29 is 46.3 Å². The lowest BCUT2D eigenvalue weighted by molar-refractivity contribution is -0.183. The largest absolute Gasteiger partial charge is 0.478 e. The van der Waals surface area contributed by atoms with Gasteiger partial charge in [-0.2, -0.15) is 13.2 Å². The summed E-state index contributed by atoms with van der Waals surface area (Å²) >= 11 is 5.78. The average Bonchev–Trinajstić information content (AvgIpc) is 4.09. The van der Waals surface area contributed by atoms with Gasteiger partial charge in [0.25, 0.3) is 5.91 Å². The summed E-state index contributed by atoms with van der Waals surface area (Å²) in [4.78, 5) is 66.6. The summed E-state index contributed by atoms with van der Waals surface area (Å²) in [5.41, 5.74) is 19.6. The molecule has 6 aromatic heterocycles. The quantitative estimate of drug-likeness (QED) is 0.0586. The number of likely N-dealkylation sites (tertiary alicyclic amines) is 1. The summed E-state index contributed by atoms with van der Waals surface area (Å²) in [6, 6.07) is 25.2. The van der Waals surface area contributed by atoms with Crippen molar-refractivity contribution in [1.82, 2.24) is 30.2 Å². The number of carboxylic acid groups (broad SMARTS) is 1. The zero-order chi connectivity index (χ0) is 56.9. The fourth-order valence-electron chi connectivity index (χ4n) is 9.14. The number of nitrogens with two attached hydrogens (primary N) is 2. The third kappa shape index (κ3) is 15.8. The maximum atomic E-state index is 12.9. The Bertz CT molecular complexity index is 3510. The predicted molar refractivity (Wildman–Crippen MR) is 304 cm³/mol. The van der Waals surface area contributed by atoms with Crippen LogP contribution in [-0.4, -0.2) is 91.1 Å². The Labute approximate surface area is 465 Å². The van der Waals surface area contributed by atoms with Crippen LogP contribution in [-0.2, 0) is 22.4 Å². The topological polar surface area (TPSA) is 234 Å². The predicted octanol–water partition coefficient (Wildman–Crippen LogP) is 12.1. The Morgan fingerprint density at radius 2 is 1.14 bits per heavy atom. The monoisotopic (exact) mass is 1110 g/mol. The van der Waals surface area contributed by atoms with Crippen LogP contribution in [0.2, 0.25) is 0 Å². The van der Waals surface area contributed by atoms with Gasteiger partial charge in [-0.05, 0) is 184 Å². The molecule has 8 aromatic rings. The second-order valence-electron chi connectivity index (χ2n) is 19.7. The molecule has 0 atom stereocenters. The molecule has 414 valence electrons. The number of nitrogens with one attached hydrogen (secondary N) is 1. The van der Waals surface area contributed by atoms with Gasteiger partial charge < -0.3 is 35.6 Å². The normalized spacial score (nSPS) is 14.2. The van der Waals surface area contributed by atoms with Crippen molar-refractivity contribution in [2.24, 2.45) is 5.92 Å². The molecule has 0 radical (unpaired) electrons. The van der Waals surface area contributed by atoms with Gasteiger partial charge in [-0.15, -0.1) is 11.6 Å². The minimum atomic E-state index is -4.22. The molecule has 2 aliphatic heterocycles. The van der Waals surface area contributed by atoms with Crippen LogP contribution in [0.5, 0.6) is 0 Å². The summed E-state index contributed by atoms with van der Waals surface area (Å²) < 4.78 is 50.8. The number of amides is 1. The van der Waals surface area contributed by atoms with Crippen LogP contribution in [0.1, 0.15) is 93.0 Å². The van der Waals surface area contributed by atoms with E-state index in [0.717, 1.165) is 87.0 Å². The van der Waals surface area contributed by atoms with Gasteiger partial charge in [-0.1, -0.05) is 0 Å². The van der Waals surface area contributed by atoms with Crippen LogP contribution in [0.3, 0.4) is 0 Å². The highest BCUT2D eigenvalue weighted by Crippen LogP contribution is 2.35. The first-order valence-corrected chi connectivity index (χ1v) is 26.6. The second kappa shape index (κ2) is 26.4. The molecule has 0 spiro atoms. The SMILES string of the molecule is Cc1cc(-c2ccc(C(=O)N3CCC(C(F)(F)F)CC3)cn2)cc2cc(CCC(=O)/C=C/c3ccc(N)nc3)oc12.Cc1cc(-c2ccc(C(=O)O)cn2)cc2cc(CCC(=O)/C=C/c3ccc(N)nc3)oc12.ClC1CCNCC1. The molecule has 2 saturated heterocycles. The number of nitrogens with zero attached hydrogens (tertiary/aromatic N) is 5. The number of benzene rings is 2. The second-order valence-corrected chi connectivity index (χ2v) is 20.3. The van der Waals surface area contributed by atoms with E-state index in [1.807, 2.05) is 50.2 Å². The van der Waals surface area contributed by atoms with Crippen LogP contribution in [0.25, 0.3) is 56.6 Å². The lowest BCUT2D eigenvalue weighted by atomic mass is 9.96. The number of fused-ring (bicyclic) bond motifs is 2. The Hall–Kier alpha value is -8.48. The van der Waals surface area contributed by atoms with Gasteiger partial charge in [0.15, 0.2) is 11.6 Å². The molecule has 10 rings (SSSR count). The van der Waals surface area contributed by atoms with Crippen LogP contribution in [0.4, 0.5) is 24.8 Å². The standard InChI is InChI=1S/C31H29F3N4O3.C25H21N3O4.C5H10ClN/c1-19-14-22(27-8-4-21(18-36-27)30(40)38-12-10-24(11-13-38)31(32,33)34)15-23-16-26(41-29(19)23)7-6-25(39)5-2-20-3-9-28(35)37-17-20;1-15-10-18(22-8-4-17(14-27-22)25(30)31)11-19-12-21(32-24(15)19)7-6-20(29)5-2-16-3-9-23(26)28-13-16;6-5-1-3-7-4-2-5/h2-5,8-9,14-18,24H,6-7,10-13H2,1H3,(H2,35,37);2-5,8-14H,6-7H2,1H3,(H2,26,28)(H,30,31);5,7H,1-4H2/b2*5-2+;. The molecule has 8 heterocycles. The fraction of sp³-hybridized carbons (Fsp3) is 0.279. The van der Waals surface area contributed by atoms with E-state index in [1.165, 1.54) is 35.5 Å². The molecule has 19 heteroatoms. The summed E-state index contributed by atoms with van der Waals surface area (Å²) in [7, 11) is 0. The van der Waals surface area contributed by atoms with Gasteiger partial charge in [-0.25, -0.2) is 14.8 Å². The van der Waals surface area contributed by atoms with Crippen molar-refractivity contribution in [2.75, 3.05) is 37.6 Å². The van der Waals surface area contributed by atoms with Crippen molar-refractivity contribution in [2.45, 2.75) is 76.8 Å². The molecule has 0 aliphatic carbocycles. The number of carboxylic acids is 1. The summed E-state index contributed by atoms with van der Waals surface area (Å²) in [6.07, 6.45) is 11.9. The number of aromatic carboxylic acids is 1. The number of furan rings is 2. The average molecular weight is 1110 g/mol. The number of carbonyl (C=O) groups excluding carboxylic acids is 3. The number of anilines is 2. The van der Waals surface area contributed by atoms with Gasteiger partial charge in [0.2, 0.25) is 0 Å². The molecule has 2 fully saturated rings. The Kier molecular flexibility index (Phi) is 19.1. The number of pyridine rings is 4. The van der Waals surface area contributed by atoms with Gasteiger partial charge in [0, 0.05) is 90.8 Å². The van der Waals surface area contributed by atoms with E-state index in [1.54, 1.807) is 67.0 Å². The van der Waals surface area contributed by atoms with Crippen molar-refractivity contribution >= 4 is 80.8 Å². The molecule has 2 aliphatic rings. The van der Waals surface area contributed by atoms with E-state index in [9.17, 15) is 32.3 Å². The summed E-state index contributed by atoms with van der Waals surface area (Å²) in [6.45, 7) is 6.23. The van der Waals surface area contributed by atoms with E-state index in [-0.39, 0.29) is 55.4 Å².